The first-order valence-electron chi connectivity index (χ1n) is 4.08. The highest BCUT2D eigenvalue weighted by Gasteiger charge is 2.22. The molecule has 6 heteroatoms. The molecule has 15 heavy (non-hydrogen) atoms. The van der Waals surface area contributed by atoms with E-state index >= 15 is 0 Å². The first-order chi connectivity index (χ1) is 6.97. The van der Waals surface area contributed by atoms with Crippen LogP contribution in [0, 0.1) is 5.82 Å². The summed E-state index contributed by atoms with van der Waals surface area (Å²) < 4.78 is 13.1. The number of aliphatic hydroxyl groups excluding tert-OH is 3. The van der Waals surface area contributed by atoms with Crippen molar-refractivity contribution in [2.24, 2.45) is 0 Å². The van der Waals surface area contributed by atoms with Crippen molar-refractivity contribution in [3.8, 4) is 0 Å². The summed E-state index contributed by atoms with van der Waals surface area (Å²) >= 11 is 11.1. The van der Waals surface area contributed by atoms with Crippen LogP contribution in [0.15, 0.2) is 12.1 Å². The van der Waals surface area contributed by atoms with Gasteiger partial charge < -0.3 is 15.3 Å². The highest BCUT2D eigenvalue weighted by Crippen LogP contribution is 2.30. The van der Waals surface area contributed by atoms with Gasteiger partial charge in [-0.25, -0.2) is 4.39 Å². The number of rotatable bonds is 3. The minimum Gasteiger partial charge on any atom is -0.394 e. The molecule has 0 saturated carbocycles. The van der Waals surface area contributed by atoms with Crippen LogP contribution < -0.4 is 0 Å². The van der Waals surface area contributed by atoms with Crippen molar-refractivity contribution >= 4 is 23.2 Å². The van der Waals surface area contributed by atoms with Gasteiger partial charge in [-0.3, -0.25) is 0 Å². The van der Waals surface area contributed by atoms with Gasteiger partial charge in [0.2, 0.25) is 0 Å². The van der Waals surface area contributed by atoms with E-state index in [1.807, 2.05) is 0 Å². The number of benzene rings is 1. The quantitative estimate of drug-likeness (QED) is 0.717. The van der Waals surface area contributed by atoms with E-state index in [2.05, 4.69) is 0 Å². The number of hydrogen-bond acceptors (Lipinski definition) is 3. The van der Waals surface area contributed by atoms with Crippen molar-refractivity contribution in [1.29, 1.82) is 0 Å². The van der Waals surface area contributed by atoms with Gasteiger partial charge in [0.15, 0.2) is 0 Å². The Labute approximate surface area is 95.7 Å². The molecule has 2 atom stereocenters. The lowest BCUT2D eigenvalue weighted by molar-refractivity contribution is -0.0153. The molecule has 0 aliphatic carbocycles. The minimum atomic E-state index is -1.48. The summed E-state index contributed by atoms with van der Waals surface area (Å²) in [5.41, 5.74) is -0.0526. The summed E-state index contributed by atoms with van der Waals surface area (Å²) in [5.74, 6) is -0.789. The van der Waals surface area contributed by atoms with E-state index in [1.165, 1.54) is 6.07 Å². The van der Waals surface area contributed by atoms with E-state index in [-0.39, 0.29) is 15.6 Å². The lowest BCUT2D eigenvalue weighted by Gasteiger charge is -2.17. The van der Waals surface area contributed by atoms with Crippen LogP contribution in [-0.2, 0) is 0 Å². The molecule has 0 heterocycles. The van der Waals surface area contributed by atoms with Crippen molar-refractivity contribution in [3.05, 3.63) is 33.6 Å². The van der Waals surface area contributed by atoms with Gasteiger partial charge in [-0.15, -0.1) is 0 Å². The molecule has 0 spiro atoms. The molecular weight excluding hydrogens is 246 g/mol. The number of hydrogen-bond donors (Lipinski definition) is 3. The Morgan fingerprint density at radius 2 is 1.87 bits per heavy atom. The van der Waals surface area contributed by atoms with Gasteiger partial charge in [0.1, 0.15) is 18.0 Å². The van der Waals surface area contributed by atoms with Crippen LogP contribution in [-0.4, -0.2) is 28.0 Å². The molecule has 3 nitrogen and oxygen atoms in total. The lowest BCUT2D eigenvalue weighted by Crippen LogP contribution is -2.22. The zero-order valence-corrected chi connectivity index (χ0v) is 9.00. The molecule has 0 fully saturated rings. The molecule has 0 saturated heterocycles. The Balaban J connectivity index is 3.13. The zero-order chi connectivity index (χ0) is 11.6. The van der Waals surface area contributed by atoms with Crippen LogP contribution in [0.5, 0.6) is 0 Å². The first-order valence-corrected chi connectivity index (χ1v) is 4.84. The number of halogens is 3. The smallest absolute Gasteiger partial charge is 0.143 e. The predicted molar refractivity (Wildman–Crippen MR) is 54.5 cm³/mol. The van der Waals surface area contributed by atoms with Gasteiger partial charge in [0.25, 0.3) is 0 Å². The minimum absolute atomic E-state index is 0.0519. The molecule has 0 aromatic heterocycles. The summed E-state index contributed by atoms with van der Waals surface area (Å²) in [6, 6.07) is 2.22. The summed E-state index contributed by atoms with van der Waals surface area (Å²) in [6.45, 7) is -0.661. The van der Waals surface area contributed by atoms with E-state index in [0.29, 0.717) is 0 Å². The molecule has 84 valence electrons. The van der Waals surface area contributed by atoms with Gasteiger partial charge in [-0.2, -0.15) is 0 Å². The number of aliphatic hydroxyl groups is 3. The molecule has 0 amide bonds. The van der Waals surface area contributed by atoms with Gasteiger partial charge in [0.05, 0.1) is 11.6 Å². The fourth-order valence-electron chi connectivity index (χ4n) is 1.10. The van der Waals surface area contributed by atoms with E-state index in [9.17, 15) is 9.50 Å². The average molecular weight is 255 g/mol. The summed E-state index contributed by atoms with van der Waals surface area (Å²) in [5, 5.41) is 27.0. The van der Waals surface area contributed by atoms with Crippen molar-refractivity contribution in [2.45, 2.75) is 12.2 Å². The molecule has 0 aliphatic heterocycles. The lowest BCUT2D eigenvalue weighted by atomic mass is 10.0. The Morgan fingerprint density at radius 1 is 1.27 bits per heavy atom. The third-order valence-electron chi connectivity index (χ3n) is 1.89. The maximum Gasteiger partial charge on any atom is 0.143 e. The molecule has 2 unspecified atom stereocenters. The van der Waals surface area contributed by atoms with E-state index in [4.69, 9.17) is 33.4 Å². The molecular formula is C9H9Cl2FO3. The van der Waals surface area contributed by atoms with Gasteiger partial charge >= 0.3 is 0 Å². The third kappa shape index (κ3) is 2.80. The molecule has 1 rings (SSSR count). The topological polar surface area (TPSA) is 60.7 Å². The third-order valence-corrected chi connectivity index (χ3v) is 2.51. The highest BCUT2D eigenvalue weighted by molar-refractivity contribution is 6.33. The fraction of sp³-hybridized carbons (Fsp3) is 0.333. The summed E-state index contributed by atoms with van der Waals surface area (Å²) in [4.78, 5) is 0. The van der Waals surface area contributed by atoms with E-state index in [0.717, 1.165) is 6.07 Å². The van der Waals surface area contributed by atoms with E-state index in [1.54, 1.807) is 0 Å². The second kappa shape index (κ2) is 5.09. The Morgan fingerprint density at radius 3 is 2.40 bits per heavy atom. The maximum atomic E-state index is 13.1. The van der Waals surface area contributed by atoms with Crippen LogP contribution in [0.4, 0.5) is 4.39 Å². The van der Waals surface area contributed by atoms with Crippen LogP contribution in [0.2, 0.25) is 10.0 Å². The second-order valence-corrected chi connectivity index (χ2v) is 3.80. The van der Waals surface area contributed by atoms with Crippen molar-refractivity contribution in [3.63, 3.8) is 0 Å². The summed E-state index contributed by atoms with van der Waals surface area (Å²) in [6.07, 6.45) is -2.91. The largest absolute Gasteiger partial charge is 0.394 e. The molecule has 3 N–H and O–H groups in total. The monoisotopic (exact) mass is 254 g/mol. The average Bonchev–Trinajstić information content (AvgIpc) is 2.21. The van der Waals surface area contributed by atoms with Crippen LogP contribution in [0.3, 0.4) is 0 Å². The highest BCUT2D eigenvalue weighted by atomic mass is 35.5. The summed E-state index contributed by atoms with van der Waals surface area (Å²) in [7, 11) is 0. The molecule has 0 bridgehead atoms. The Hall–Kier alpha value is -0.390. The van der Waals surface area contributed by atoms with Crippen molar-refractivity contribution < 1.29 is 19.7 Å². The van der Waals surface area contributed by atoms with Crippen LogP contribution in [0.1, 0.15) is 11.7 Å². The first kappa shape index (κ1) is 12.7. The SMILES string of the molecule is OCC(O)C(O)c1cc(Cl)cc(F)c1Cl. The molecule has 1 aromatic carbocycles. The van der Waals surface area contributed by atoms with Gasteiger partial charge in [-0.05, 0) is 12.1 Å². The normalized spacial score (nSPS) is 15.1. The van der Waals surface area contributed by atoms with Gasteiger partial charge in [0, 0.05) is 10.6 Å². The zero-order valence-electron chi connectivity index (χ0n) is 7.49. The van der Waals surface area contributed by atoms with Gasteiger partial charge in [-0.1, -0.05) is 23.2 Å². The Kier molecular flexibility index (Phi) is 4.31. The molecule has 0 aliphatic rings. The van der Waals surface area contributed by atoms with Crippen molar-refractivity contribution in [1.82, 2.24) is 0 Å². The Bertz CT molecular complexity index is 359. The van der Waals surface area contributed by atoms with Crippen LogP contribution >= 0.6 is 23.2 Å². The molecule has 0 radical (unpaired) electrons. The predicted octanol–water partition coefficient (Wildman–Crippen LogP) is 1.52. The second-order valence-electron chi connectivity index (χ2n) is 2.99. The van der Waals surface area contributed by atoms with Crippen LogP contribution in [0.25, 0.3) is 0 Å². The molecule has 1 aromatic rings. The maximum absolute atomic E-state index is 13.1. The van der Waals surface area contributed by atoms with E-state index < -0.39 is 24.6 Å². The standard InChI is InChI=1S/C9H9Cl2FO3/c10-4-1-5(8(11)6(12)2-4)9(15)7(14)3-13/h1-2,7,9,13-15H,3H2. The van der Waals surface area contributed by atoms with Crippen molar-refractivity contribution in [2.75, 3.05) is 6.61 Å². The fourth-order valence-corrected chi connectivity index (χ4v) is 1.53.